The minimum atomic E-state index is 0.255. The molecule has 0 saturated carbocycles. The van der Waals surface area contributed by atoms with Crippen molar-refractivity contribution in [3.05, 3.63) is 55.2 Å². The minimum Gasteiger partial charge on any atom is -0.329 e. The second kappa shape index (κ2) is 7.05. The van der Waals surface area contributed by atoms with Crippen LogP contribution < -0.4 is 5.73 Å². The smallest absolute Gasteiger partial charge is 0.0474 e. The molecule has 1 atom stereocenters. The molecule has 0 fully saturated rings. The molecule has 4 heteroatoms. The molecule has 0 radical (unpaired) electrons. The van der Waals surface area contributed by atoms with E-state index in [-0.39, 0.29) is 6.04 Å². The van der Waals surface area contributed by atoms with Crippen molar-refractivity contribution < 1.29 is 0 Å². The summed E-state index contributed by atoms with van der Waals surface area (Å²) in [5, 5.41) is 2.13. The highest BCUT2D eigenvalue weighted by Crippen LogP contribution is 2.28. The highest BCUT2D eigenvalue weighted by Gasteiger charge is 2.19. The van der Waals surface area contributed by atoms with Crippen molar-refractivity contribution in [1.29, 1.82) is 0 Å². The Hall–Kier alpha value is -0.680. The Morgan fingerprint density at radius 3 is 2.38 bits per heavy atom. The monoisotopic (exact) mass is 366 g/mol. The third-order valence-electron chi connectivity index (χ3n) is 4.02. The Kier molecular flexibility index (Phi) is 5.60. The van der Waals surface area contributed by atoms with E-state index in [1.165, 1.54) is 27.1 Å². The zero-order valence-electron chi connectivity index (χ0n) is 13.1. The average Bonchev–Trinajstić information content (AvgIpc) is 2.81. The first-order valence-corrected chi connectivity index (χ1v) is 8.80. The second-order valence-electron chi connectivity index (χ2n) is 5.69. The van der Waals surface area contributed by atoms with Crippen molar-refractivity contribution in [3.8, 4) is 0 Å². The van der Waals surface area contributed by atoms with Gasteiger partial charge in [0, 0.05) is 33.9 Å². The molecule has 1 heterocycles. The molecule has 0 aliphatic rings. The van der Waals surface area contributed by atoms with E-state index >= 15 is 0 Å². The SMILES string of the molecule is Cc1cc(C)c(C(CN)N(C)Cc2cc(Br)cs2)cc1C. The van der Waals surface area contributed by atoms with Gasteiger partial charge < -0.3 is 5.73 Å². The summed E-state index contributed by atoms with van der Waals surface area (Å²) >= 11 is 5.30. The lowest BCUT2D eigenvalue weighted by molar-refractivity contribution is 0.243. The van der Waals surface area contributed by atoms with Crippen LogP contribution in [0.4, 0.5) is 0 Å². The van der Waals surface area contributed by atoms with Crippen LogP contribution in [0, 0.1) is 20.8 Å². The van der Waals surface area contributed by atoms with Crippen LogP contribution in [0.2, 0.25) is 0 Å². The summed E-state index contributed by atoms with van der Waals surface area (Å²) in [4.78, 5) is 3.69. The molecule has 0 bridgehead atoms. The fourth-order valence-electron chi connectivity index (χ4n) is 2.68. The van der Waals surface area contributed by atoms with Gasteiger partial charge in [0.05, 0.1) is 0 Å². The number of thiophene rings is 1. The molecule has 1 aromatic carbocycles. The summed E-state index contributed by atoms with van der Waals surface area (Å²) < 4.78 is 1.16. The fourth-order valence-corrected chi connectivity index (χ4v) is 4.19. The summed E-state index contributed by atoms with van der Waals surface area (Å²) in [7, 11) is 2.15. The van der Waals surface area contributed by atoms with Crippen molar-refractivity contribution in [2.75, 3.05) is 13.6 Å². The summed E-state index contributed by atoms with van der Waals surface area (Å²) in [5.74, 6) is 0. The maximum atomic E-state index is 6.07. The number of hydrogen-bond acceptors (Lipinski definition) is 3. The van der Waals surface area contributed by atoms with Gasteiger partial charge in [-0.3, -0.25) is 4.90 Å². The number of rotatable bonds is 5. The van der Waals surface area contributed by atoms with Crippen LogP contribution in [0.25, 0.3) is 0 Å². The highest BCUT2D eigenvalue weighted by atomic mass is 79.9. The normalized spacial score (nSPS) is 12.9. The standard InChI is InChI=1S/C17H23BrN2S/c1-11-5-13(3)16(6-12(11)2)17(8-19)20(4)9-15-7-14(18)10-21-15/h5-7,10,17H,8-9,19H2,1-4H3. The molecule has 0 aliphatic carbocycles. The maximum absolute atomic E-state index is 6.07. The number of benzene rings is 1. The minimum absolute atomic E-state index is 0.255. The van der Waals surface area contributed by atoms with Crippen LogP contribution in [0.1, 0.15) is 33.2 Å². The lowest BCUT2D eigenvalue weighted by Crippen LogP contribution is -2.30. The van der Waals surface area contributed by atoms with E-state index in [0.29, 0.717) is 6.54 Å². The molecule has 2 aromatic rings. The van der Waals surface area contributed by atoms with Crippen LogP contribution >= 0.6 is 27.3 Å². The molecule has 1 aromatic heterocycles. The Labute approximate surface area is 140 Å². The lowest BCUT2D eigenvalue weighted by atomic mass is 9.95. The van der Waals surface area contributed by atoms with E-state index < -0.39 is 0 Å². The Bertz CT molecular complexity index is 621. The average molecular weight is 367 g/mol. The fraction of sp³-hybridized carbons (Fsp3) is 0.412. The molecular weight excluding hydrogens is 344 g/mol. The molecule has 1 unspecified atom stereocenters. The van der Waals surface area contributed by atoms with Crippen LogP contribution in [-0.2, 0) is 6.54 Å². The molecular formula is C17H23BrN2S. The van der Waals surface area contributed by atoms with E-state index in [9.17, 15) is 0 Å². The van der Waals surface area contributed by atoms with Gasteiger partial charge in [-0.25, -0.2) is 0 Å². The van der Waals surface area contributed by atoms with Crippen molar-refractivity contribution in [3.63, 3.8) is 0 Å². The predicted molar refractivity (Wildman–Crippen MR) is 95.9 cm³/mol. The van der Waals surface area contributed by atoms with Crippen molar-refractivity contribution >= 4 is 27.3 Å². The van der Waals surface area contributed by atoms with Gasteiger partial charge in [0.15, 0.2) is 0 Å². The first-order chi connectivity index (χ1) is 9.92. The van der Waals surface area contributed by atoms with Gasteiger partial charge in [0.25, 0.3) is 0 Å². The van der Waals surface area contributed by atoms with Crippen LogP contribution in [0.3, 0.4) is 0 Å². The maximum Gasteiger partial charge on any atom is 0.0474 e. The van der Waals surface area contributed by atoms with Crippen molar-refractivity contribution in [2.24, 2.45) is 5.73 Å². The quantitative estimate of drug-likeness (QED) is 0.839. The first-order valence-electron chi connectivity index (χ1n) is 7.13. The number of hydrogen-bond donors (Lipinski definition) is 1. The largest absolute Gasteiger partial charge is 0.329 e. The molecule has 114 valence electrons. The van der Waals surface area contributed by atoms with Gasteiger partial charge in [0.1, 0.15) is 0 Å². The number of nitrogens with two attached hydrogens (primary N) is 1. The Balaban J connectivity index is 2.24. The summed E-state index contributed by atoms with van der Waals surface area (Å²) in [6, 6.07) is 7.00. The number of halogens is 1. The van der Waals surface area contributed by atoms with Crippen LogP contribution in [0.5, 0.6) is 0 Å². The van der Waals surface area contributed by atoms with E-state index in [2.05, 4.69) is 72.2 Å². The number of likely N-dealkylation sites (N-methyl/N-ethyl adjacent to an activating group) is 1. The Morgan fingerprint density at radius 1 is 1.14 bits per heavy atom. The van der Waals surface area contributed by atoms with E-state index in [0.717, 1.165) is 11.0 Å². The molecule has 2 nitrogen and oxygen atoms in total. The zero-order valence-corrected chi connectivity index (χ0v) is 15.5. The van der Waals surface area contributed by atoms with Gasteiger partial charge in [-0.15, -0.1) is 11.3 Å². The lowest BCUT2D eigenvalue weighted by Gasteiger charge is -2.29. The molecule has 0 saturated heterocycles. The van der Waals surface area contributed by atoms with Gasteiger partial charge >= 0.3 is 0 Å². The topological polar surface area (TPSA) is 29.3 Å². The van der Waals surface area contributed by atoms with Crippen LogP contribution in [-0.4, -0.2) is 18.5 Å². The predicted octanol–water partition coefficient (Wildman–Crippen LogP) is 4.57. The Morgan fingerprint density at radius 2 is 1.81 bits per heavy atom. The van der Waals surface area contributed by atoms with Crippen LogP contribution in [0.15, 0.2) is 28.1 Å². The summed E-state index contributed by atoms with van der Waals surface area (Å²) in [6.07, 6.45) is 0. The zero-order chi connectivity index (χ0) is 15.6. The molecule has 0 amide bonds. The molecule has 0 spiro atoms. The van der Waals surface area contributed by atoms with E-state index in [4.69, 9.17) is 5.73 Å². The number of nitrogens with zero attached hydrogens (tertiary/aromatic N) is 1. The summed E-state index contributed by atoms with van der Waals surface area (Å²) in [5.41, 5.74) is 11.4. The molecule has 0 aliphatic heterocycles. The van der Waals surface area contributed by atoms with Gasteiger partial charge in [0.2, 0.25) is 0 Å². The van der Waals surface area contributed by atoms with Crippen molar-refractivity contribution in [2.45, 2.75) is 33.4 Å². The van der Waals surface area contributed by atoms with E-state index in [1.807, 2.05) is 0 Å². The third-order valence-corrected chi connectivity index (χ3v) is 5.71. The van der Waals surface area contributed by atoms with Crippen molar-refractivity contribution in [1.82, 2.24) is 4.90 Å². The molecule has 21 heavy (non-hydrogen) atoms. The van der Waals surface area contributed by atoms with Gasteiger partial charge in [-0.2, -0.15) is 0 Å². The first kappa shape index (κ1) is 16.7. The van der Waals surface area contributed by atoms with Gasteiger partial charge in [-0.05, 0) is 72.1 Å². The number of aryl methyl sites for hydroxylation is 3. The highest BCUT2D eigenvalue weighted by molar-refractivity contribution is 9.10. The van der Waals surface area contributed by atoms with Gasteiger partial charge in [-0.1, -0.05) is 12.1 Å². The molecule has 2 N–H and O–H groups in total. The van der Waals surface area contributed by atoms with E-state index in [1.54, 1.807) is 11.3 Å². The third kappa shape index (κ3) is 3.95. The second-order valence-corrected chi connectivity index (χ2v) is 7.60. The molecule has 2 rings (SSSR count). The summed E-state index contributed by atoms with van der Waals surface area (Å²) in [6.45, 7) is 8.07.